The van der Waals surface area contributed by atoms with Crippen molar-refractivity contribution < 1.29 is 9.84 Å². The molecule has 0 unspecified atom stereocenters. The molecule has 0 aliphatic rings. The van der Waals surface area contributed by atoms with E-state index in [1.54, 1.807) is 14.0 Å². The maximum atomic E-state index is 9.77. The number of aliphatic hydroxyl groups excluding tert-OH is 1. The van der Waals surface area contributed by atoms with Gasteiger partial charge in [0.2, 0.25) is 0 Å². The summed E-state index contributed by atoms with van der Waals surface area (Å²) in [4.78, 5) is 4.50. The zero-order valence-corrected chi connectivity index (χ0v) is 14.8. The van der Waals surface area contributed by atoms with Gasteiger partial charge in [-0.15, -0.1) is 0 Å². The van der Waals surface area contributed by atoms with Crippen LogP contribution in [0, 0.1) is 0 Å². The maximum absolute atomic E-state index is 9.77. The second kappa shape index (κ2) is 6.65. The summed E-state index contributed by atoms with van der Waals surface area (Å²) in [5.41, 5.74) is 5.91. The van der Waals surface area contributed by atoms with Crippen molar-refractivity contribution in [3.8, 4) is 22.6 Å². The molecule has 0 amide bonds. The first kappa shape index (κ1) is 16.4. The highest BCUT2D eigenvalue weighted by atomic mass is 16.5. The summed E-state index contributed by atoms with van der Waals surface area (Å²) in [5, 5.41) is 9.77. The van der Waals surface area contributed by atoms with E-state index in [0.717, 1.165) is 39.2 Å². The van der Waals surface area contributed by atoms with Gasteiger partial charge < -0.3 is 9.84 Å². The van der Waals surface area contributed by atoms with Gasteiger partial charge in [0.15, 0.2) is 0 Å². The van der Waals surface area contributed by atoms with Crippen molar-refractivity contribution in [2.24, 2.45) is 0 Å². The van der Waals surface area contributed by atoms with Crippen molar-refractivity contribution in [1.29, 1.82) is 0 Å². The Labute approximate surface area is 152 Å². The van der Waals surface area contributed by atoms with Crippen LogP contribution in [0.1, 0.15) is 18.6 Å². The Morgan fingerprint density at radius 3 is 2.65 bits per heavy atom. The first-order valence-corrected chi connectivity index (χ1v) is 8.56. The third kappa shape index (κ3) is 2.85. The fraction of sp³-hybridized carbons (Fsp3) is 0.136. The Hall–Kier alpha value is -3.11. The zero-order chi connectivity index (χ0) is 18.1. The first-order chi connectivity index (χ1) is 12.7. The lowest BCUT2D eigenvalue weighted by Gasteiger charge is -2.11. The molecule has 0 fully saturated rings. The number of benzene rings is 3. The Bertz CT molecular complexity index is 1070. The van der Waals surface area contributed by atoms with Crippen LogP contribution in [0.25, 0.3) is 27.8 Å². The average molecular weight is 344 g/mol. The summed E-state index contributed by atoms with van der Waals surface area (Å²) in [7, 11) is 1.69. The molecule has 0 aliphatic heterocycles. The molecule has 0 saturated heterocycles. The molecule has 130 valence electrons. The Kier molecular flexibility index (Phi) is 4.19. The third-order valence-corrected chi connectivity index (χ3v) is 4.60. The van der Waals surface area contributed by atoms with Crippen LogP contribution in [-0.4, -0.2) is 21.8 Å². The van der Waals surface area contributed by atoms with Crippen molar-refractivity contribution >= 4 is 11.0 Å². The minimum atomic E-state index is -0.501. The van der Waals surface area contributed by atoms with Crippen LogP contribution in [0.2, 0.25) is 0 Å². The minimum Gasteiger partial charge on any atom is -0.496 e. The second-order valence-corrected chi connectivity index (χ2v) is 6.29. The van der Waals surface area contributed by atoms with Gasteiger partial charge in [-0.2, -0.15) is 0 Å². The van der Waals surface area contributed by atoms with Crippen LogP contribution < -0.4 is 4.74 Å². The van der Waals surface area contributed by atoms with Crippen LogP contribution in [0.5, 0.6) is 5.75 Å². The molecule has 0 spiro atoms. The standard InChI is InChI=1S/C22H20N2O2/c1-15(25)16-10-11-21-20(13-16)23-14-24(21)18-7-5-6-17(12-18)19-8-3-4-9-22(19)26-2/h3-15,25H,1-2H3/t15-/m1/s1. The lowest BCUT2D eigenvalue weighted by Crippen LogP contribution is -1.94. The number of para-hydroxylation sites is 1. The van der Waals surface area contributed by atoms with Gasteiger partial charge in [-0.25, -0.2) is 4.98 Å². The summed E-state index contributed by atoms with van der Waals surface area (Å²) in [6.07, 6.45) is 1.32. The smallest absolute Gasteiger partial charge is 0.126 e. The lowest BCUT2D eigenvalue weighted by molar-refractivity contribution is 0.199. The highest BCUT2D eigenvalue weighted by Gasteiger charge is 2.10. The monoisotopic (exact) mass is 344 g/mol. The molecule has 0 bridgehead atoms. The van der Waals surface area contributed by atoms with E-state index in [0.29, 0.717) is 0 Å². The molecular formula is C22H20N2O2. The highest BCUT2D eigenvalue weighted by Crippen LogP contribution is 2.31. The van der Waals surface area contributed by atoms with Gasteiger partial charge in [0.1, 0.15) is 12.1 Å². The van der Waals surface area contributed by atoms with E-state index in [9.17, 15) is 5.11 Å². The first-order valence-electron chi connectivity index (χ1n) is 8.56. The van der Waals surface area contributed by atoms with Gasteiger partial charge in [-0.3, -0.25) is 4.57 Å². The molecule has 1 atom stereocenters. The van der Waals surface area contributed by atoms with Gasteiger partial charge in [0.25, 0.3) is 0 Å². The number of aliphatic hydroxyl groups is 1. The number of ether oxygens (including phenoxy) is 1. The predicted molar refractivity (Wildman–Crippen MR) is 104 cm³/mol. The van der Waals surface area contributed by atoms with E-state index in [-0.39, 0.29) is 0 Å². The number of methoxy groups -OCH3 is 1. The van der Waals surface area contributed by atoms with Crippen LogP contribution in [0.15, 0.2) is 73.1 Å². The van der Waals surface area contributed by atoms with Crippen LogP contribution >= 0.6 is 0 Å². The summed E-state index contributed by atoms with van der Waals surface area (Å²) in [6, 6.07) is 22.2. The highest BCUT2D eigenvalue weighted by molar-refractivity contribution is 5.79. The molecule has 0 aliphatic carbocycles. The largest absolute Gasteiger partial charge is 0.496 e. The van der Waals surface area contributed by atoms with Gasteiger partial charge in [0.05, 0.1) is 24.2 Å². The maximum Gasteiger partial charge on any atom is 0.126 e. The predicted octanol–water partition coefficient (Wildman–Crippen LogP) is 4.75. The average Bonchev–Trinajstić information content (AvgIpc) is 3.11. The molecule has 4 aromatic rings. The molecule has 3 aromatic carbocycles. The van der Waals surface area contributed by atoms with E-state index in [1.807, 2.05) is 48.8 Å². The number of aromatic nitrogens is 2. The van der Waals surface area contributed by atoms with E-state index >= 15 is 0 Å². The van der Waals surface area contributed by atoms with Crippen LogP contribution in [-0.2, 0) is 0 Å². The molecule has 1 N–H and O–H groups in total. The van der Waals surface area contributed by atoms with Gasteiger partial charge in [-0.1, -0.05) is 36.4 Å². The summed E-state index contributed by atoms with van der Waals surface area (Å²) in [6.45, 7) is 1.76. The van der Waals surface area contributed by atoms with Gasteiger partial charge >= 0.3 is 0 Å². The Morgan fingerprint density at radius 1 is 1.00 bits per heavy atom. The SMILES string of the molecule is COc1ccccc1-c1cccc(-n2cnc3cc([C@@H](C)O)ccc32)c1. The second-order valence-electron chi connectivity index (χ2n) is 6.29. The normalized spacial score (nSPS) is 12.3. The molecule has 1 heterocycles. The summed E-state index contributed by atoms with van der Waals surface area (Å²) >= 11 is 0. The number of fused-ring (bicyclic) bond motifs is 1. The summed E-state index contributed by atoms with van der Waals surface area (Å²) < 4.78 is 7.55. The topological polar surface area (TPSA) is 47.3 Å². The minimum absolute atomic E-state index is 0.501. The zero-order valence-electron chi connectivity index (χ0n) is 14.8. The molecule has 1 aromatic heterocycles. The van der Waals surface area contributed by atoms with Crippen molar-refractivity contribution in [2.75, 3.05) is 7.11 Å². The van der Waals surface area contributed by atoms with E-state index < -0.39 is 6.10 Å². The van der Waals surface area contributed by atoms with Crippen LogP contribution in [0.3, 0.4) is 0 Å². The number of imidazole rings is 1. The lowest BCUT2D eigenvalue weighted by atomic mass is 10.0. The van der Waals surface area contributed by atoms with E-state index in [1.165, 1.54) is 0 Å². The van der Waals surface area contributed by atoms with Gasteiger partial charge in [0, 0.05) is 11.3 Å². The molecule has 4 nitrogen and oxygen atoms in total. The van der Waals surface area contributed by atoms with Crippen molar-refractivity contribution in [3.05, 3.63) is 78.6 Å². The number of hydrogen-bond donors (Lipinski definition) is 1. The molecule has 4 rings (SSSR count). The molecule has 0 radical (unpaired) electrons. The number of hydrogen-bond acceptors (Lipinski definition) is 3. The quantitative estimate of drug-likeness (QED) is 0.581. The van der Waals surface area contributed by atoms with Crippen molar-refractivity contribution in [2.45, 2.75) is 13.0 Å². The van der Waals surface area contributed by atoms with Crippen molar-refractivity contribution in [3.63, 3.8) is 0 Å². The third-order valence-electron chi connectivity index (χ3n) is 4.60. The van der Waals surface area contributed by atoms with E-state index in [4.69, 9.17) is 4.74 Å². The molecule has 4 heteroatoms. The molecule has 26 heavy (non-hydrogen) atoms. The fourth-order valence-corrected chi connectivity index (χ4v) is 3.20. The number of nitrogens with zero attached hydrogens (tertiary/aromatic N) is 2. The van der Waals surface area contributed by atoms with Crippen LogP contribution in [0.4, 0.5) is 0 Å². The Morgan fingerprint density at radius 2 is 1.85 bits per heavy atom. The van der Waals surface area contributed by atoms with Gasteiger partial charge in [-0.05, 0) is 48.4 Å². The van der Waals surface area contributed by atoms with E-state index in [2.05, 4.69) is 33.8 Å². The number of rotatable bonds is 4. The molecule has 0 saturated carbocycles. The Balaban J connectivity index is 1.81. The fourth-order valence-electron chi connectivity index (χ4n) is 3.20. The van der Waals surface area contributed by atoms with Crippen molar-refractivity contribution in [1.82, 2.24) is 9.55 Å². The molecular weight excluding hydrogens is 324 g/mol. The summed E-state index contributed by atoms with van der Waals surface area (Å²) in [5.74, 6) is 0.849.